The van der Waals surface area contributed by atoms with Gasteiger partial charge in [0.05, 0.1) is 7.11 Å². The Morgan fingerprint density at radius 3 is 2.54 bits per heavy atom. The molecule has 0 aromatic rings. The van der Waals surface area contributed by atoms with Gasteiger partial charge in [-0.15, -0.1) is 0 Å². The Balaban J connectivity index is 4.05. The van der Waals surface area contributed by atoms with Crippen LogP contribution in [-0.4, -0.2) is 7.11 Å². The summed E-state index contributed by atoms with van der Waals surface area (Å²) in [6.45, 7) is 7.99. The first kappa shape index (κ1) is 12.0. The lowest BCUT2D eigenvalue weighted by Gasteiger charge is -1.99. The molecule has 0 rings (SSSR count). The molecule has 1 heteroatoms. The molecule has 1 nitrogen and oxygen atoms in total. The van der Waals surface area contributed by atoms with Gasteiger partial charge in [-0.2, -0.15) is 0 Å². The fourth-order valence-corrected chi connectivity index (χ4v) is 0.983. The van der Waals surface area contributed by atoms with E-state index in [1.165, 1.54) is 24.8 Å². The molecule has 0 aliphatic heterocycles. The van der Waals surface area contributed by atoms with E-state index in [0.29, 0.717) is 0 Å². The van der Waals surface area contributed by atoms with Crippen LogP contribution in [0.15, 0.2) is 36.1 Å². The van der Waals surface area contributed by atoms with Gasteiger partial charge in [-0.1, -0.05) is 31.6 Å². The van der Waals surface area contributed by atoms with Crippen molar-refractivity contribution in [3.05, 3.63) is 36.1 Å². The number of ether oxygens (including phenoxy) is 1. The van der Waals surface area contributed by atoms with E-state index in [9.17, 15) is 0 Å². The van der Waals surface area contributed by atoms with Crippen LogP contribution < -0.4 is 0 Å². The van der Waals surface area contributed by atoms with E-state index in [2.05, 4.69) is 26.5 Å². The minimum absolute atomic E-state index is 0.816. The highest BCUT2D eigenvalue weighted by Gasteiger charge is 1.88. The minimum atomic E-state index is 0.816. The highest BCUT2D eigenvalue weighted by molar-refractivity contribution is 5.19. The normalized spacial score (nSPS) is 12.8. The quantitative estimate of drug-likeness (QED) is 0.446. The molecule has 0 fully saturated rings. The number of methoxy groups -OCH3 is 1. The van der Waals surface area contributed by atoms with Crippen molar-refractivity contribution in [3.8, 4) is 0 Å². The molecule has 13 heavy (non-hydrogen) atoms. The summed E-state index contributed by atoms with van der Waals surface area (Å²) in [5.74, 6) is 0.816. The second-order valence-corrected chi connectivity index (χ2v) is 3.09. The first-order chi connectivity index (χ1) is 6.24. The lowest BCUT2D eigenvalue weighted by molar-refractivity contribution is 0.307. The van der Waals surface area contributed by atoms with Gasteiger partial charge in [0.2, 0.25) is 0 Å². The lowest BCUT2D eigenvalue weighted by atomic mass is 10.1. The van der Waals surface area contributed by atoms with Crippen molar-refractivity contribution in [1.29, 1.82) is 0 Å². The van der Waals surface area contributed by atoms with E-state index in [1.807, 2.05) is 6.08 Å². The molecule has 0 bridgehead atoms. The minimum Gasteiger partial charge on any atom is -0.497 e. The molecule has 0 saturated heterocycles. The summed E-state index contributed by atoms with van der Waals surface area (Å²) in [6, 6.07) is 0. The predicted molar refractivity (Wildman–Crippen MR) is 58.6 cm³/mol. The van der Waals surface area contributed by atoms with Crippen LogP contribution in [0.1, 0.15) is 33.1 Å². The van der Waals surface area contributed by atoms with Gasteiger partial charge in [-0.25, -0.2) is 0 Å². The molecule has 0 aliphatic rings. The van der Waals surface area contributed by atoms with Crippen LogP contribution in [0, 0.1) is 0 Å². The van der Waals surface area contributed by atoms with Crippen LogP contribution in [-0.2, 0) is 4.74 Å². The summed E-state index contributed by atoms with van der Waals surface area (Å²) >= 11 is 0. The molecular formula is C12H20O. The molecule has 0 aliphatic carbocycles. The monoisotopic (exact) mass is 180 g/mol. The average Bonchev–Trinajstić information content (AvgIpc) is 2.16. The molecule has 0 heterocycles. The Bertz CT molecular complexity index is 199. The fourth-order valence-electron chi connectivity index (χ4n) is 0.983. The molecule has 0 atom stereocenters. The topological polar surface area (TPSA) is 9.23 Å². The fraction of sp³-hybridized carbons (Fsp3) is 0.500. The summed E-state index contributed by atoms with van der Waals surface area (Å²) < 4.78 is 5.05. The van der Waals surface area contributed by atoms with Gasteiger partial charge in [-0.05, 0) is 31.9 Å². The zero-order chi connectivity index (χ0) is 10.1. The van der Waals surface area contributed by atoms with Crippen molar-refractivity contribution in [1.82, 2.24) is 0 Å². The van der Waals surface area contributed by atoms with Crippen LogP contribution in [0.2, 0.25) is 0 Å². The third kappa shape index (κ3) is 6.21. The Kier molecular flexibility index (Phi) is 7.08. The SMILES string of the molecule is C=C/C(=C\C=C(/C)CCCC)OC. The van der Waals surface area contributed by atoms with Crippen molar-refractivity contribution in [2.45, 2.75) is 33.1 Å². The maximum atomic E-state index is 5.05. The Morgan fingerprint density at radius 2 is 2.08 bits per heavy atom. The van der Waals surface area contributed by atoms with E-state index in [1.54, 1.807) is 13.2 Å². The van der Waals surface area contributed by atoms with Gasteiger partial charge in [0, 0.05) is 0 Å². The van der Waals surface area contributed by atoms with Crippen LogP contribution in [0.4, 0.5) is 0 Å². The lowest BCUT2D eigenvalue weighted by Crippen LogP contribution is -1.80. The first-order valence-electron chi connectivity index (χ1n) is 4.78. The van der Waals surface area contributed by atoms with E-state index in [-0.39, 0.29) is 0 Å². The summed E-state index contributed by atoms with van der Waals surface area (Å²) in [6.07, 6.45) is 9.43. The summed E-state index contributed by atoms with van der Waals surface area (Å²) in [7, 11) is 1.66. The second kappa shape index (κ2) is 7.66. The first-order valence-corrected chi connectivity index (χ1v) is 4.78. The molecular weight excluding hydrogens is 160 g/mol. The molecule has 0 aromatic heterocycles. The summed E-state index contributed by atoms with van der Waals surface area (Å²) in [5.41, 5.74) is 1.39. The van der Waals surface area contributed by atoms with Gasteiger partial charge in [0.1, 0.15) is 5.76 Å². The molecule has 0 saturated carbocycles. The highest BCUT2D eigenvalue weighted by Crippen LogP contribution is 2.07. The zero-order valence-electron chi connectivity index (χ0n) is 8.97. The predicted octanol–water partition coefficient (Wildman–Crippen LogP) is 3.84. The van der Waals surface area contributed by atoms with E-state index in [4.69, 9.17) is 4.74 Å². The van der Waals surface area contributed by atoms with Crippen molar-refractivity contribution in [3.63, 3.8) is 0 Å². The number of rotatable bonds is 6. The standard InChI is InChI=1S/C12H20O/c1-5-7-8-11(3)9-10-12(6-2)13-4/h6,9-10H,2,5,7-8H2,1,3-4H3/b11-9+,12-10+. The molecule has 0 radical (unpaired) electrons. The van der Waals surface area contributed by atoms with Crippen molar-refractivity contribution < 1.29 is 4.74 Å². The van der Waals surface area contributed by atoms with Crippen LogP contribution in [0.3, 0.4) is 0 Å². The second-order valence-electron chi connectivity index (χ2n) is 3.09. The summed E-state index contributed by atoms with van der Waals surface area (Å²) in [4.78, 5) is 0. The third-order valence-corrected chi connectivity index (χ3v) is 1.89. The molecule has 0 unspecified atom stereocenters. The van der Waals surface area contributed by atoms with E-state index < -0.39 is 0 Å². The average molecular weight is 180 g/mol. The molecule has 0 spiro atoms. The van der Waals surface area contributed by atoms with Gasteiger partial charge in [0.25, 0.3) is 0 Å². The smallest absolute Gasteiger partial charge is 0.118 e. The number of allylic oxidation sites excluding steroid dienone is 4. The Hall–Kier alpha value is -0.980. The number of hydrogen-bond donors (Lipinski definition) is 0. The maximum Gasteiger partial charge on any atom is 0.118 e. The number of unbranched alkanes of at least 4 members (excludes halogenated alkanes) is 1. The van der Waals surface area contributed by atoms with Gasteiger partial charge < -0.3 is 4.74 Å². The van der Waals surface area contributed by atoms with Crippen LogP contribution in [0.25, 0.3) is 0 Å². The third-order valence-electron chi connectivity index (χ3n) is 1.89. The maximum absolute atomic E-state index is 5.05. The molecule has 74 valence electrons. The van der Waals surface area contributed by atoms with Crippen LogP contribution in [0.5, 0.6) is 0 Å². The van der Waals surface area contributed by atoms with Gasteiger partial charge in [0.15, 0.2) is 0 Å². The molecule has 0 amide bonds. The molecule has 0 N–H and O–H groups in total. The number of hydrogen-bond acceptors (Lipinski definition) is 1. The van der Waals surface area contributed by atoms with Gasteiger partial charge in [-0.3, -0.25) is 0 Å². The van der Waals surface area contributed by atoms with Crippen molar-refractivity contribution >= 4 is 0 Å². The van der Waals surface area contributed by atoms with Gasteiger partial charge >= 0.3 is 0 Å². The highest BCUT2D eigenvalue weighted by atomic mass is 16.5. The van der Waals surface area contributed by atoms with E-state index >= 15 is 0 Å². The van der Waals surface area contributed by atoms with Crippen molar-refractivity contribution in [2.24, 2.45) is 0 Å². The Morgan fingerprint density at radius 1 is 1.38 bits per heavy atom. The largest absolute Gasteiger partial charge is 0.497 e. The Labute approximate surface area is 81.8 Å². The molecule has 0 aromatic carbocycles. The summed E-state index contributed by atoms with van der Waals surface area (Å²) in [5, 5.41) is 0. The van der Waals surface area contributed by atoms with Crippen molar-refractivity contribution in [2.75, 3.05) is 7.11 Å². The van der Waals surface area contributed by atoms with Crippen LogP contribution >= 0.6 is 0 Å². The zero-order valence-corrected chi connectivity index (χ0v) is 8.97. The van der Waals surface area contributed by atoms with E-state index in [0.717, 1.165) is 5.76 Å².